The van der Waals surface area contributed by atoms with E-state index in [1.54, 1.807) is 0 Å². The minimum atomic E-state index is 0.402. The average molecular weight is 299 g/mol. The molecule has 1 fully saturated rings. The first-order valence-electron chi connectivity index (χ1n) is 8.04. The van der Waals surface area contributed by atoms with Crippen LogP contribution in [0.15, 0.2) is 41.8 Å². The predicted octanol–water partition coefficient (Wildman–Crippen LogP) is 5.67. The summed E-state index contributed by atoms with van der Waals surface area (Å²) in [7, 11) is 0. The second kappa shape index (κ2) is 6.33. The molecule has 0 bridgehead atoms. The number of hydrogen-bond acceptors (Lipinski definition) is 2. The quantitative estimate of drug-likeness (QED) is 0.724. The molecule has 1 nitrogen and oxygen atoms in total. The lowest BCUT2D eigenvalue weighted by Crippen LogP contribution is -2.25. The van der Waals surface area contributed by atoms with Gasteiger partial charge < -0.3 is 5.32 Å². The molecule has 1 N–H and O–H groups in total. The third kappa shape index (κ3) is 3.56. The Balaban J connectivity index is 1.70. The second-order valence-electron chi connectivity index (χ2n) is 6.54. The van der Waals surface area contributed by atoms with Gasteiger partial charge in [-0.05, 0) is 54.2 Å². The van der Waals surface area contributed by atoms with Crippen LogP contribution in [0.4, 0.5) is 0 Å². The first kappa shape index (κ1) is 14.8. The summed E-state index contributed by atoms with van der Waals surface area (Å²) in [6.45, 7) is 6.78. The molecule has 3 rings (SSSR count). The maximum Gasteiger partial charge on any atom is 0.0448 e. The Morgan fingerprint density at radius 2 is 1.67 bits per heavy atom. The van der Waals surface area contributed by atoms with Crippen LogP contribution in [0.1, 0.15) is 67.6 Å². The van der Waals surface area contributed by atoms with E-state index in [1.165, 1.54) is 28.8 Å². The third-order valence-corrected chi connectivity index (χ3v) is 5.43. The lowest BCUT2D eigenvalue weighted by Gasteiger charge is -2.23. The molecule has 1 saturated carbocycles. The van der Waals surface area contributed by atoms with Gasteiger partial charge in [0, 0.05) is 17.0 Å². The van der Waals surface area contributed by atoms with Crippen LogP contribution in [0.2, 0.25) is 0 Å². The largest absolute Gasteiger partial charge is 0.302 e. The Hall–Kier alpha value is -1.12. The summed E-state index contributed by atoms with van der Waals surface area (Å²) >= 11 is 1.88. The van der Waals surface area contributed by atoms with Gasteiger partial charge in [0.15, 0.2) is 0 Å². The molecule has 1 aliphatic rings. The highest BCUT2D eigenvalue weighted by atomic mass is 32.1. The number of benzene rings is 1. The molecule has 1 aliphatic carbocycles. The monoisotopic (exact) mass is 299 g/mol. The van der Waals surface area contributed by atoms with Crippen molar-refractivity contribution < 1.29 is 0 Å². The molecule has 0 amide bonds. The fraction of sp³-hybridized carbons (Fsp3) is 0.474. The second-order valence-corrected chi connectivity index (χ2v) is 7.52. The Labute approximate surface area is 132 Å². The zero-order valence-corrected chi connectivity index (χ0v) is 14.0. The zero-order valence-electron chi connectivity index (χ0n) is 13.2. The Morgan fingerprint density at radius 3 is 2.19 bits per heavy atom. The number of rotatable bonds is 6. The van der Waals surface area contributed by atoms with E-state index in [0.29, 0.717) is 18.0 Å². The van der Waals surface area contributed by atoms with Crippen molar-refractivity contribution in [1.29, 1.82) is 0 Å². The van der Waals surface area contributed by atoms with Gasteiger partial charge in [-0.25, -0.2) is 0 Å². The maximum atomic E-state index is 3.86. The van der Waals surface area contributed by atoms with Crippen LogP contribution in [0, 0.1) is 5.92 Å². The summed E-state index contributed by atoms with van der Waals surface area (Å²) in [4.78, 5) is 1.49. The van der Waals surface area contributed by atoms with E-state index in [4.69, 9.17) is 0 Å². The van der Waals surface area contributed by atoms with Crippen LogP contribution in [-0.4, -0.2) is 0 Å². The van der Waals surface area contributed by atoms with Gasteiger partial charge in [-0.15, -0.1) is 11.3 Å². The average Bonchev–Trinajstić information content (AvgIpc) is 3.19. The molecule has 2 atom stereocenters. The van der Waals surface area contributed by atoms with Gasteiger partial charge in [0.05, 0.1) is 0 Å². The summed E-state index contributed by atoms with van der Waals surface area (Å²) in [6.07, 6.45) is 2.74. The molecule has 2 aromatic rings. The standard InChI is InChI=1S/C19H25NS/c1-13(2)15-6-8-16(9-7-15)14(3)20-19(17-10-11-17)18-5-4-12-21-18/h4-9,12-14,17,19-20H,10-11H2,1-3H3. The van der Waals surface area contributed by atoms with Crippen molar-refractivity contribution in [2.75, 3.05) is 0 Å². The molecular weight excluding hydrogens is 274 g/mol. The van der Waals surface area contributed by atoms with Crippen molar-refractivity contribution in [3.63, 3.8) is 0 Å². The predicted molar refractivity (Wildman–Crippen MR) is 91.9 cm³/mol. The van der Waals surface area contributed by atoms with Gasteiger partial charge in [0.25, 0.3) is 0 Å². The highest BCUT2D eigenvalue weighted by Gasteiger charge is 2.33. The van der Waals surface area contributed by atoms with Crippen molar-refractivity contribution in [2.45, 2.75) is 51.6 Å². The SMILES string of the molecule is CC(C)c1ccc(C(C)NC(c2cccs2)C2CC2)cc1. The van der Waals surface area contributed by atoms with E-state index in [1.807, 2.05) is 11.3 Å². The van der Waals surface area contributed by atoms with Gasteiger partial charge in [-0.1, -0.05) is 44.2 Å². The Bertz CT molecular complexity index is 552. The van der Waals surface area contributed by atoms with Crippen molar-refractivity contribution >= 4 is 11.3 Å². The van der Waals surface area contributed by atoms with Crippen LogP contribution in [-0.2, 0) is 0 Å². The number of nitrogens with one attached hydrogen (secondary N) is 1. The minimum Gasteiger partial charge on any atom is -0.302 e. The maximum absolute atomic E-state index is 3.86. The summed E-state index contributed by atoms with van der Waals surface area (Å²) in [5.74, 6) is 1.44. The smallest absolute Gasteiger partial charge is 0.0448 e. The summed E-state index contributed by atoms with van der Waals surface area (Å²) in [5, 5.41) is 6.05. The van der Waals surface area contributed by atoms with Gasteiger partial charge in [-0.2, -0.15) is 0 Å². The lowest BCUT2D eigenvalue weighted by molar-refractivity contribution is 0.433. The van der Waals surface area contributed by atoms with Crippen LogP contribution < -0.4 is 5.32 Å². The first-order valence-corrected chi connectivity index (χ1v) is 8.92. The first-order chi connectivity index (χ1) is 10.1. The minimum absolute atomic E-state index is 0.402. The summed E-state index contributed by atoms with van der Waals surface area (Å²) in [6, 6.07) is 14.5. The van der Waals surface area contributed by atoms with Gasteiger partial charge in [0.2, 0.25) is 0 Å². The zero-order chi connectivity index (χ0) is 14.8. The molecule has 1 aromatic carbocycles. The van der Waals surface area contributed by atoms with E-state index >= 15 is 0 Å². The fourth-order valence-corrected chi connectivity index (χ4v) is 3.76. The number of thiophene rings is 1. The van der Waals surface area contributed by atoms with E-state index in [0.717, 1.165) is 5.92 Å². The number of hydrogen-bond donors (Lipinski definition) is 1. The highest BCUT2D eigenvalue weighted by Crippen LogP contribution is 2.43. The van der Waals surface area contributed by atoms with Crippen LogP contribution in [0.25, 0.3) is 0 Å². The molecule has 21 heavy (non-hydrogen) atoms. The van der Waals surface area contributed by atoms with E-state index in [-0.39, 0.29) is 0 Å². The Morgan fingerprint density at radius 1 is 1.00 bits per heavy atom. The lowest BCUT2D eigenvalue weighted by atomic mass is 9.99. The van der Waals surface area contributed by atoms with Gasteiger partial charge in [0.1, 0.15) is 0 Å². The molecule has 2 heteroatoms. The van der Waals surface area contributed by atoms with Crippen molar-refractivity contribution in [1.82, 2.24) is 5.32 Å². The van der Waals surface area contributed by atoms with Crippen molar-refractivity contribution in [3.05, 3.63) is 57.8 Å². The molecule has 0 radical (unpaired) electrons. The molecule has 0 spiro atoms. The summed E-state index contributed by atoms with van der Waals surface area (Å²) in [5.41, 5.74) is 2.81. The molecule has 112 valence electrons. The highest BCUT2D eigenvalue weighted by molar-refractivity contribution is 7.10. The fourth-order valence-electron chi connectivity index (χ4n) is 2.88. The van der Waals surface area contributed by atoms with Crippen molar-refractivity contribution in [2.24, 2.45) is 5.92 Å². The normalized spacial score (nSPS) is 17.9. The summed E-state index contributed by atoms with van der Waals surface area (Å²) < 4.78 is 0. The van der Waals surface area contributed by atoms with E-state index in [9.17, 15) is 0 Å². The molecular formula is C19H25NS. The Kier molecular flexibility index (Phi) is 4.46. The van der Waals surface area contributed by atoms with E-state index in [2.05, 4.69) is 67.9 Å². The molecule has 1 heterocycles. The molecule has 1 aromatic heterocycles. The molecule has 0 aliphatic heterocycles. The topological polar surface area (TPSA) is 12.0 Å². The van der Waals surface area contributed by atoms with Crippen LogP contribution in [0.5, 0.6) is 0 Å². The molecule has 0 saturated heterocycles. The van der Waals surface area contributed by atoms with Crippen LogP contribution >= 0.6 is 11.3 Å². The van der Waals surface area contributed by atoms with E-state index < -0.39 is 0 Å². The van der Waals surface area contributed by atoms with Gasteiger partial charge >= 0.3 is 0 Å². The van der Waals surface area contributed by atoms with Gasteiger partial charge in [-0.3, -0.25) is 0 Å². The molecule has 2 unspecified atom stereocenters. The third-order valence-electron chi connectivity index (χ3n) is 4.48. The van der Waals surface area contributed by atoms with Crippen LogP contribution in [0.3, 0.4) is 0 Å². The van der Waals surface area contributed by atoms with Crippen molar-refractivity contribution in [3.8, 4) is 0 Å².